The SMILES string of the molecule is CNC1C(=O)N(CC2CCCSC2)CCc2ncoc21. The molecule has 3 rings (SSSR count). The van der Waals surface area contributed by atoms with E-state index in [1.54, 1.807) is 7.05 Å². The molecule has 110 valence electrons. The van der Waals surface area contributed by atoms with Crippen LogP contribution in [0, 0.1) is 5.92 Å². The summed E-state index contributed by atoms with van der Waals surface area (Å²) in [5.74, 6) is 3.89. The maximum atomic E-state index is 12.7. The van der Waals surface area contributed by atoms with Gasteiger partial charge in [-0.1, -0.05) is 0 Å². The van der Waals surface area contributed by atoms with E-state index in [9.17, 15) is 4.79 Å². The minimum atomic E-state index is -0.383. The van der Waals surface area contributed by atoms with Crippen LogP contribution in [0.1, 0.15) is 30.3 Å². The minimum absolute atomic E-state index is 0.124. The molecule has 3 heterocycles. The fourth-order valence-electron chi connectivity index (χ4n) is 3.05. The second kappa shape index (κ2) is 6.18. The van der Waals surface area contributed by atoms with Crippen molar-refractivity contribution in [2.75, 3.05) is 31.6 Å². The molecular formula is C14H21N3O2S. The van der Waals surface area contributed by atoms with Crippen molar-refractivity contribution in [2.24, 2.45) is 5.92 Å². The highest BCUT2D eigenvalue weighted by molar-refractivity contribution is 7.99. The van der Waals surface area contributed by atoms with Gasteiger partial charge in [0, 0.05) is 19.5 Å². The van der Waals surface area contributed by atoms with Gasteiger partial charge >= 0.3 is 0 Å². The van der Waals surface area contributed by atoms with Crippen LogP contribution in [0.2, 0.25) is 0 Å². The summed E-state index contributed by atoms with van der Waals surface area (Å²) in [6.45, 7) is 1.62. The van der Waals surface area contributed by atoms with E-state index in [2.05, 4.69) is 10.3 Å². The Morgan fingerprint density at radius 2 is 2.50 bits per heavy atom. The van der Waals surface area contributed by atoms with Gasteiger partial charge in [-0.25, -0.2) is 4.98 Å². The Balaban J connectivity index is 1.73. The lowest BCUT2D eigenvalue weighted by Crippen LogP contribution is -2.42. The molecule has 0 bridgehead atoms. The number of hydrogen-bond acceptors (Lipinski definition) is 5. The first-order valence-corrected chi connectivity index (χ1v) is 8.41. The van der Waals surface area contributed by atoms with E-state index in [0.717, 1.165) is 25.2 Å². The fourth-order valence-corrected chi connectivity index (χ4v) is 4.19. The number of carbonyl (C=O) groups excluding carboxylic acids is 1. The number of thioether (sulfide) groups is 1. The molecule has 5 nitrogen and oxygen atoms in total. The Morgan fingerprint density at radius 1 is 1.60 bits per heavy atom. The summed E-state index contributed by atoms with van der Waals surface area (Å²) < 4.78 is 5.42. The number of hydrogen-bond donors (Lipinski definition) is 1. The Bertz CT molecular complexity index is 471. The average molecular weight is 295 g/mol. The van der Waals surface area contributed by atoms with Crippen LogP contribution in [0.15, 0.2) is 10.8 Å². The largest absolute Gasteiger partial charge is 0.446 e. The van der Waals surface area contributed by atoms with Crippen LogP contribution in [-0.2, 0) is 11.2 Å². The smallest absolute Gasteiger partial charge is 0.247 e. The monoisotopic (exact) mass is 295 g/mol. The zero-order chi connectivity index (χ0) is 13.9. The number of carbonyl (C=O) groups is 1. The molecule has 0 aliphatic carbocycles. The molecule has 1 amide bonds. The van der Waals surface area contributed by atoms with Crippen LogP contribution in [-0.4, -0.2) is 47.4 Å². The summed E-state index contributed by atoms with van der Waals surface area (Å²) in [5.41, 5.74) is 0.915. The number of rotatable bonds is 3. The zero-order valence-corrected chi connectivity index (χ0v) is 12.6. The van der Waals surface area contributed by atoms with Crippen molar-refractivity contribution in [2.45, 2.75) is 25.3 Å². The normalized spacial score (nSPS) is 27.2. The average Bonchev–Trinajstić information content (AvgIpc) is 2.89. The molecule has 0 spiro atoms. The Morgan fingerprint density at radius 3 is 3.25 bits per heavy atom. The van der Waals surface area contributed by atoms with Crippen molar-refractivity contribution >= 4 is 17.7 Å². The second-order valence-corrected chi connectivity index (χ2v) is 6.65. The number of likely N-dealkylation sites (N-methyl/N-ethyl adjacent to an activating group) is 1. The van der Waals surface area contributed by atoms with Crippen molar-refractivity contribution in [1.82, 2.24) is 15.2 Å². The van der Waals surface area contributed by atoms with Crippen molar-refractivity contribution in [3.05, 3.63) is 17.8 Å². The minimum Gasteiger partial charge on any atom is -0.446 e. The molecule has 6 heteroatoms. The van der Waals surface area contributed by atoms with Crippen molar-refractivity contribution in [3.63, 3.8) is 0 Å². The third-order valence-corrected chi connectivity index (χ3v) is 5.42. The third-order valence-electron chi connectivity index (χ3n) is 4.13. The molecule has 1 saturated heterocycles. The van der Waals surface area contributed by atoms with Crippen LogP contribution in [0.5, 0.6) is 0 Å². The van der Waals surface area contributed by atoms with Crippen molar-refractivity contribution in [1.29, 1.82) is 0 Å². The van der Waals surface area contributed by atoms with E-state index >= 15 is 0 Å². The Hall–Kier alpha value is -1.01. The maximum Gasteiger partial charge on any atom is 0.247 e. The van der Waals surface area contributed by atoms with Gasteiger partial charge in [-0.2, -0.15) is 11.8 Å². The van der Waals surface area contributed by atoms with Crippen LogP contribution in [0.25, 0.3) is 0 Å². The molecule has 1 fully saturated rings. The highest BCUT2D eigenvalue weighted by Crippen LogP contribution is 2.27. The van der Waals surface area contributed by atoms with Gasteiger partial charge in [-0.15, -0.1) is 0 Å². The molecule has 0 radical (unpaired) electrons. The van der Waals surface area contributed by atoms with E-state index in [0.29, 0.717) is 11.7 Å². The number of nitrogens with one attached hydrogen (secondary N) is 1. The number of fused-ring (bicyclic) bond motifs is 1. The summed E-state index contributed by atoms with van der Waals surface area (Å²) in [7, 11) is 1.80. The van der Waals surface area contributed by atoms with E-state index in [4.69, 9.17) is 4.42 Å². The van der Waals surface area contributed by atoms with E-state index in [1.807, 2.05) is 16.7 Å². The first-order chi connectivity index (χ1) is 9.79. The molecule has 2 atom stereocenters. The van der Waals surface area contributed by atoms with E-state index in [1.165, 1.54) is 30.7 Å². The van der Waals surface area contributed by atoms with Crippen LogP contribution >= 0.6 is 11.8 Å². The Labute approximate surface area is 123 Å². The van der Waals surface area contributed by atoms with Gasteiger partial charge in [0.2, 0.25) is 5.91 Å². The zero-order valence-electron chi connectivity index (χ0n) is 11.8. The standard InChI is InChI=1S/C14H21N3O2S/c1-15-12-13-11(16-9-19-13)4-5-17(14(12)18)7-10-3-2-6-20-8-10/h9-10,12,15H,2-8H2,1H3. The molecule has 2 unspecified atom stereocenters. The fraction of sp³-hybridized carbons (Fsp3) is 0.714. The maximum absolute atomic E-state index is 12.7. The quantitative estimate of drug-likeness (QED) is 0.915. The lowest BCUT2D eigenvalue weighted by atomic mass is 10.0. The Kier molecular flexibility index (Phi) is 4.31. The number of oxazole rings is 1. The number of amides is 1. The molecule has 20 heavy (non-hydrogen) atoms. The summed E-state index contributed by atoms with van der Waals surface area (Å²) in [6.07, 6.45) is 4.74. The highest BCUT2D eigenvalue weighted by Gasteiger charge is 2.34. The van der Waals surface area contributed by atoms with E-state index < -0.39 is 0 Å². The second-order valence-electron chi connectivity index (χ2n) is 5.50. The predicted molar refractivity (Wildman–Crippen MR) is 78.6 cm³/mol. The predicted octanol–water partition coefficient (Wildman–Crippen LogP) is 1.46. The molecule has 2 aliphatic rings. The van der Waals surface area contributed by atoms with Gasteiger partial charge < -0.3 is 14.6 Å². The summed E-state index contributed by atoms with van der Waals surface area (Å²) in [6, 6.07) is -0.383. The molecular weight excluding hydrogens is 274 g/mol. The van der Waals surface area contributed by atoms with Crippen molar-refractivity contribution < 1.29 is 9.21 Å². The van der Waals surface area contributed by atoms with Gasteiger partial charge in [0.05, 0.1) is 5.69 Å². The topological polar surface area (TPSA) is 58.4 Å². The lowest BCUT2D eigenvalue weighted by molar-refractivity contribution is -0.134. The summed E-state index contributed by atoms with van der Waals surface area (Å²) >= 11 is 2.01. The molecule has 1 aromatic rings. The molecule has 0 aromatic carbocycles. The van der Waals surface area contributed by atoms with Gasteiger partial charge in [0.15, 0.2) is 12.2 Å². The van der Waals surface area contributed by atoms with Crippen LogP contribution in [0.4, 0.5) is 0 Å². The van der Waals surface area contributed by atoms with Gasteiger partial charge in [0.1, 0.15) is 6.04 Å². The van der Waals surface area contributed by atoms with Crippen LogP contribution < -0.4 is 5.32 Å². The van der Waals surface area contributed by atoms with E-state index in [-0.39, 0.29) is 11.9 Å². The number of nitrogens with zero attached hydrogens (tertiary/aromatic N) is 2. The third kappa shape index (κ3) is 2.72. The van der Waals surface area contributed by atoms with Crippen molar-refractivity contribution in [3.8, 4) is 0 Å². The lowest BCUT2D eigenvalue weighted by Gasteiger charge is -2.30. The molecule has 1 aromatic heterocycles. The summed E-state index contributed by atoms with van der Waals surface area (Å²) in [5, 5.41) is 3.07. The van der Waals surface area contributed by atoms with Crippen LogP contribution in [0.3, 0.4) is 0 Å². The molecule has 0 saturated carbocycles. The molecule has 1 N–H and O–H groups in total. The highest BCUT2D eigenvalue weighted by atomic mass is 32.2. The first-order valence-electron chi connectivity index (χ1n) is 7.25. The van der Waals surface area contributed by atoms with Gasteiger partial charge in [-0.05, 0) is 37.3 Å². The molecule has 2 aliphatic heterocycles. The van der Waals surface area contributed by atoms with Gasteiger partial charge in [-0.3, -0.25) is 4.79 Å². The summed E-state index contributed by atoms with van der Waals surface area (Å²) in [4.78, 5) is 18.9. The number of aromatic nitrogens is 1. The van der Waals surface area contributed by atoms with Gasteiger partial charge in [0.25, 0.3) is 0 Å². The first kappa shape index (κ1) is 13.9.